The van der Waals surface area contributed by atoms with E-state index in [4.69, 9.17) is 0 Å². The molecule has 20 heavy (non-hydrogen) atoms. The summed E-state index contributed by atoms with van der Waals surface area (Å²) < 4.78 is 0. The third-order valence-electron chi connectivity index (χ3n) is 8.50. The smallest absolute Gasteiger partial charge is 0.0167 e. The Morgan fingerprint density at radius 3 is 2.10 bits per heavy atom. The normalized spacial score (nSPS) is 50.2. The molecule has 3 aliphatic carbocycles. The van der Waals surface area contributed by atoms with Crippen LogP contribution in [-0.4, -0.2) is 0 Å². The average molecular weight is 277 g/mol. The third kappa shape index (κ3) is 1.66. The van der Waals surface area contributed by atoms with Gasteiger partial charge in [0.25, 0.3) is 0 Å². The van der Waals surface area contributed by atoms with E-state index in [1.165, 1.54) is 19.3 Å². The lowest BCUT2D eigenvalue weighted by atomic mass is 9.55. The van der Waals surface area contributed by atoms with Crippen molar-refractivity contribution in [2.75, 3.05) is 0 Å². The van der Waals surface area contributed by atoms with Gasteiger partial charge in [-0.25, -0.2) is 0 Å². The van der Waals surface area contributed by atoms with Crippen LogP contribution in [0, 0.1) is 58.7 Å². The van der Waals surface area contributed by atoms with Crippen LogP contribution in [0.1, 0.15) is 67.7 Å². The van der Waals surface area contributed by atoms with E-state index >= 15 is 0 Å². The van der Waals surface area contributed by atoms with Crippen molar-refractivity contribution in [3.63, 3.8) is 0 Å². The zero-order valence-corrected chi connectivity index (χ0v) is 14.8. The van der Waals surface area contributed by atoms with Gasteiger partial charge >= 0.3 is 0 Å². The van der Waals surface area contributed by atoms with E-state index in [1.807, 2.05) is 0 Å². The molecule has 3 rings (SSSR count). The number of hydrogen-bond donors (Lipinski definition) is 0. The molecule has 0 aliphatic heterocycles. The molecular formula is C20H36. The van der Waals surface area contributed by atoms with Crippen LogP contribution in [0.25, 0.3) is 0 Å². The predicted octanol–water partition coefficient (Wildman–Crippen LogP) is 5.87. The summed E-state index contributed by atoms with van der Waals surface area (Å²) in [6.45, 7) is 17.5. The van der Waals surface area contributed by atoms with E-state index in [2.05, 4.69) is 48.5 Å². The molecule has 0 aromatic heterocycles. The van der Waals surface area contributed by atoms with Crippen molar-refractivity contribution < 1.29 is 0 Å². The molecule has 0 N–H and O–H groups in total. The maximum absolute atomic E-state index is 2.58. The molecule has 3 saturated carbocycles. The number of unbranched alkanes of at least 4 members (excludes halogenated alkanes) is 1. The highest BCUT2D eigenvalue weighted by molar-refractivity contribution is 5.41. The van der Waals surface area contributed by atoms with E-state index in [9.17, 15) is 0 Å². The van der Waals surface area contributed by atoms with Gasteiger partial charge in [-0.05, 0) is 58.7 Å². The van der Waals surface area contributed by atoms with Gasteiger partial charge in [-0.3, -0.25) is 0 Å². The Kier molecular flexibility index (Phi) is 3.54. The summed E-state index contributed by atoms with van der Waals surface area (Å²) in [5.74, 6) is 9.13. The Balaban J connectivity index is 1.58. The quantitative estimate of drug-likeness (QED) is 0.545. The van der Waals surface area contributed by atoms with Crippen molar-refractivity contribution in [1.82, 2.24) is 0 Å². The number of hydrogen-bond acceptors (Lipinski definition) is 0. The summed E-state index contributed by atoms with van der Waals surface area (Å²) >= 11 is 0. The molecule has 0 bridgehead atoms. The highest BCUT2D eigenvalue weighted by atomic mass is 15.0. The number of rotatable bonds is 7. The van der Waals surface area contributed by atoms with Gasteiger partial charge < -0.3 is 0 Å². The van der Waals surface area contributed by atoms with Crippen molar-refractivity contribution >= 4 is 0 Å². The Bertz CT molecular complexity index is 366. The van der Waals surface area contributed by atoms with Crippen molar-refractivity contribution in [2.45, 2.75) is 67.7 Å². The van der Waals surface area contributed by atoms with Crippen molar-refractivity contribution in [2.24, 2.45) is 58.7 Å². The highest BCUT2D eigenvalue weighted by Crippen LogP contribution is 2.97. The molecule has 0 heteroatoms. The van der Waals surface area contributed by atoms with E-state index in [0.717, 1.165) is 58.7 Å². The summed E-state index contributed by atoms with van der Waals surface area (Å²) in [6.07, 6.45) is 4.20. The minimum absolute atomic E-state index is 0.874. The Hall–Kier alpha value is 0. The lowest BCUT2D eigenvalue weighted by Gasteiger charge is -2.49. The first-order valence-corrected chi connectivity index (χ1v) is 9.40. The zero-order chi connectivity index (χ0) is 14.8. The summed E-state index contributed by atoms with van der Waals surface area (Å²) in [5.41, 5.74) is 0.874. The van der Waals surface area contributed by atoms with Gasteiger partial charge in [0.1, 0.15) is 0 Å². The molecule has 0 heterocycles. The molecule has 0 radical (unpaired) electrons. The molecule has 0 saturated heterocycles. The largest absolute Gasteiger partial charge is 0.0654 e. The van der Waals surface area contributed by atoms with Crippen molar-refractivity contribution in [3.05, 3.63) is 0 Å². The first kappa shape index (κ1) is 14.9. The minimum atomic E-state index is 0.874. The molecule has 3 fully saturated rings. The molecule has 0 aromatic rings. The maximum Gasteiger partial charge on any atom is -0.0167 e. The zero-order valence-electron chi connectivity index (χ0n) is 14.8. The monoisotopic (exact) mass is 276 g/mol. The van der Waals surface area contributed by atoms with Crippen molar-refractivity contribution in [3.8, 4) is 0 Å². The van der Waals surface area contributed by atoms with Crippen molar-refractivity contribution in [1.29, 1.82) is 0 Å². The fourth-order valence-corrected chi connectivity index (χ4v) is 6.77. The molecular weight excluding hydrogens is 240 g/mol. The topological polar surface area (TPSA) is 0 Å². The third-order valence-corrected chi connectivity index (χ3v) is 8.50. The Morgan fingerprint density at radius 2 is 1.60 bits per heavy atom. The second-order valence-corrected chi connectivity index (χ2v) is 8.92. The van der Waals surface area contributed by atoms with Crippen LogP contribution in [-0.2, 0) is 0 Å². The second kappa shape index (κ2) is 4.75. The van der Waals surface area contributed by atoms with E-state index in [-0.39, 0.29) is 0 Å². The molecule has 0 nitrogen and oxygen atoms in total. The molecule has 10 unspecified atom stereocenters. The van der Waals surface area contributed by atoms with Gasteiger partial charge in [0, 0.05) is 0 Å². The van der Waals surface area contributed by atoms with Crippen LogP contribution in [0.5, 0.6) is 0 Å². The van der Waals surface area contributed by atoms with Gasteiger partial charge in [0.2, 0.25) is 0 Å². The Labute approximate surface area is 127 Å². The van der Waals surface area contributed by atoms with Gasteiger partial charge in [0.15, 0.2) is 0 Å². The van der Waals surface area contributed by atoms with E-state index < -0.39 is 0 Å². The summed E-state index contributed by atoms with van der Waals surface area (Å²) in [5, 5.41) is 0. The van der Waals surface area contributed by atoms with E-state index in [1.54, 1.807) is 0 Å². The van der Waals surface area contributed by atoms with E-state index in [0.29, 0.717) is 0 Å². The van der Waals surface area contributed by atoms with Crippen LogP contribution in [0.2, 0.25) is 0 Å². The number of fused-ring (bicyclic) bond motifs is 1. The average Bonchev–Trinajstić information content (AvgIpc) is 3.25. The SMILES string of the molecule is CCCCC(C)C(C)C(C)C(C)C1C(C)C2C3C(C)C123. The fraction of sp³-hybridized carbons (Fsp3) is 1.00. The van der Waals surface area contributed by atoms with Gasteiger partial charge in [-0.15, -0.1) is 0 Å². The van der Waals surface area contributed by atoms with Crippen LogP contribution >= 0.6 is 0 Å². The first-order chi connectivity index (χ1) is 9.40. The van der Waals surface area contributed by atoms with Gasteiger partial charge in [-0.2, -0.15) is 0 Å². The molecule has 0 amide bonds. The van der Waals surface area contributed by atoms with Crippen LogP contribution in [0.4, 0.5) is 0 Å². The molecule has 1 spiro atoms. The first-order valence-electron chi connectivity index (χ1n) is 9.40. The molecule has 10 atom stereocenters. The lowest BCUT2D eigenvalue weighted by molar-refractivity contribution is -0.0227. The molecule has 3 aliphatic rings. The summed E-state index contributed by atoms with van der Waals surface area (Å²) in [4.78, 5) is 0. The van der Waals surface area contributed by atoms with Crippen LogP contribution in [0.3, 0.4) is 0 Å². The fourth-order valence-electron chi connectivity index (χ4n) is 6.77. The summed E-state index contributed by atoms with van der Waals surface area (Å²) in [7, 11) is 0. The Morgan fingerprint density at radius 1 is 0.950 bits per heavy atom. The second-order valence-electron chi connectivity index (χ2n) is 8.92. The van der Waals surface area contributed by atoms with Gasteiger partial charge in [0.05, 0.1) is 0 Å². The minimum Gasteiger partial charge on any atom is -0.0654 e. The standard InChI is InChI=1S/C20H36/c1-8-9-10-11(2)12(3)13(4)14(5)17-15(6)18-19-16(7)20(17,18)19/h11-19H,8-10H2,1-7H3. The van der Waals surface area contributed by atoms with Gasteiger partial charge in [-0.1, -0.05) is 67.7 Å². The molecule has 116 valence electrons. The summed E-state index contributed by atoms with van der Waals surface area (Å²) in [6, 6.07) is 0. The van der Waals surface area contributed by atoms with Crippen LogP contribution in [0.15, 0.2) is 0 Å². The van der Waals surface area contributed by atoms with Crippen LogP contribution < -0.4 is 0 Å². The molecule has 0 aromatic carbocycles. The predicted molar refractivity (Wildman–Crippen MR) is 87.4 cm³/mol. The lowest BCUT2D eigenvalue weighted by Crippen LogP contribution is -2.45. The highest BCUT2D eigenvalue weighted by Gasteiger charge is 2.94. The maximum atomic E-state index is 2.58.